The number of benzene rings is 1. The number of piperidine rings is 1. The molecule has 104 valence electrons. The van der Waals surface area contributed by atoms with Gasteiger partial charge in [0.1, 0.15) is 0 Å². The lowest BCUT2D eigenvalue weighted by Gasteiger charge is -2.30. The summed E-state index contributed by atoms with van der Waals surface area (Å²) in [5, 5.41) is 0. The fourth-order valence-corrected chi connectivity index (χ4v) is 2.95. The predicted molar refractivity (Wildman–Crippen MR) is 80.6 cm³/mol. The summed E-state index contributed by atoms with van der Waals surface area (Å²) in [7, 11) is 0. The molecular weight excluding hydrogens is 246 g/mol. The van der Waals surface area contributed by atoms with E-state index in [-0.39, 0.29) is 0 Å². The van der Waals surface area contributed by atoms with Gasteiger partial charge in [0.25, 0.3) is 0 Å². The Kier molecular flexibility index (Phi) is 4.38. The van der Waals surface area contributed by atoms with E-state index in [1.54, 1.807) is 12.4 Å². The van der Waals surface area contributed by atoms with Crippen molar-refractivity contribution in [2.75, 3.05) is 19.6 Å². The van der Waals surface area contributed by atoms with Crippen molar-refractivity contribution in [3.63, 3.8) is 0 Å². The Morgan fingerprint density at radius 2 is 1.80 bits per heavy atom. The molecule has 1 aromatic carbocycles. The average Bonchev–Trinajstić information content (AvgIpc) is 2.55. The van der Waals surface area contributed by atoms with Crippen LogP contribution in [0.2, 0.25) is 0 Å². The van der Waals surface area contributed by atoms with Gasteiger partial charge in [-0.1, -0.05) is 36.8 Å². The number of nitrogens with zero attached hydrogens (tertiary/aromatic N) is 3. The van der Waals surface area contributed by atoms with Crippen LogP contribution in [0, 0.1) is 0 Å². The fraction of sp³-hybridized carbons (Fsp3) is 0.412. The zero-order chi connectivity index (χ0) is 13.6. The Labute approximate surface area is 120 Å². The van der Waals surface area contributed by atoms with E-state index in [0.29, 0.717) is 5.92 Å². The molecule has 0 N–H and O–H groups in total. The van der Waals surface area contributed by atoms with Crippen molar-refractivity contribution in [1.29, 1.82) is 0 Å². The van der Waals surface area contributed by atoms with E-state index < -0.39 is 0 Å². The van der Waals surface area contributed by atoms with Crippen molar-refractivity contribution in [3.8, 4) is 0 Å². The third-order valence-electron chi connectivity index (χ3n) is 4.03. The average molecular weight is 267 g/mol. The Hall–Kier alpha value is -1.74. The maximum absolute atomic E-state index is 4.53. The lowest BCUT2D eigenvalue weighted by Crippen LogP contribution is -2.34. The molecule has 0 saturated carbocycles. The first kappa shape index (κ1) is 13.3. The van der Waals surface area contributed by atoms with Gasteiger partial charge in [-0.2, -0.15) is 0 Å². The second kappa shape index (κ2) is 6.62. The molecular formula is C17H21N3. The van der Waals surface area contributed by atoms with Crippen LogP contribution in [0.5, 0.6) is 0 Å². The minimum atomic E-state index is 0.322. The van der Waals surface area contributed by atoms with Crippen molar-refractivity contribution in [2.24, 2.45) is 0 Å². The highest BCUT2D eigenvalue weighted by Gasteiger charge is 2.20. The Morgan fingerprint density at radius 3 is 2.50 bits per heavy atom. The third-order valence-corrected chi connectivity index (χ3v) is 4.03. The Bertz CT molecular complexity index is 467. The highest BCUT2D eigenvalue weighted by atomic mass is 15.1. The van der Waals surface area contributed by atoms with Gasteiger partial charge in [0.2, 0.25) is 0 Å². The summed E-state index contributed by atoms with van der Waals surface area (Å²) in [6.45, 7) is 3.47. The normalized spacial score (nSPS) is 17.8. The van der Waals surface area contributed by atoms with Crippen LogP contribution in [0.25, 0.3) is 0 Å². The maximum Gasteiger partial charge on any atom is 0.0674 e. The van der Waals surface area contributed by atoms with Crippen LogP contribution in [-0.4, -0.2) is 34.5 Å². The van der Waals surface area contributed by atoms with Crippen molar-refractivity contribution in [2.45, 2.75) is 25.2 Å². The summed E-state index contributed by atoms with van der Waals surface area (Å²) < 4.78 is 0. The molecule has 1 aromatic heterocycles. The highest BCUT2D eigenvalue weighted by molar-refractivity contribution is 5.27. The van der Waals surface area contributed by atoms with Gasteiger partial charge >= 0.3 is 0 Å². The molecule has 1 saturated heterocycles. The molecule has 0 radical (unpaired) electrons. The molecule has 0 aliphatic carbocycles. The zero-order valence-corrected chi connectivity index (χ0v) is 11.8. The second-order valence-corrected chi connectivity index (χ2v) is 5.45. The van der Waals surface area contributed by atoms with E-state index in [0.717, 1.165) is 12.2 Å². The van der Waals surface area contributed by atoms with E-state index in [2.05, 4.69) is 45.2 Å². The molecule has 3 heteroatoms. The van der Waals surface area contributed by atoms with E-state index in [1.165, 1.54) is 37.9 Å². The minimum Gasteiger partial charge on any atom is -0.302 e. The van der Waals surface area contributed by atoms with Crippen LogP contribution >= 0.6 is 0 Å². The SMILES string of the molecule is c1ccc([C@H](CN2CCCCC2)c2cnccn2)cc1. The quantitative estimate of drug-likeness (QED) is 0.852. The van der Waals surface area contributed by atoms with Crippen molar-refractivity contribution < 1.29 is 0 Å². The molecule has 0 spiro atoms. The monoisotopic (exact) mass is 267 g/mol. The molecule has 3 rings (SSSR count). The predicted octanol–water partition coefficient (Wildman–Crippen LogP) is 3.09. The molecule has 1 aliphatic heterocycles. The van der Waals surface area contributed by atoms with Crippen LogP contribution in [0.1, 0.15) is 36.4 Å². The largest absolute Gasteiger partial charge is 0.302 e. The minimum absolute atomic E-state index is 0.322. The van der Waals surface area contributed by atoms with Gasteiger partial charge in [-0.05, 0) is 31.5 Å². The van der Waals surface area contributed by atoms with E-state index >= 15 is 0 Å². The van der Waals surface area contributed by atoms with E-state index in [4.69, 9.17) is 0 Å². The van der Waals surface area contributed by atoms with Gasteiger partial charge < -0.3 is 4.90 Å². The van der Waals surface area contributed by atoms with Gasteiger partial charge in [0, 0.05) is 31.1 Å². The maximum atomic E-state index is 4.53. The molecule has 2 heterocycles. The number of rotatable bonds is 4. The van der Waals surface area contributed by atoms with Crippen LogP contribution in [0.15, 0.2) is 48.9 Å². The molecule has 1 aliphatic rings. The molecule has 0 amide bonds. The van der Waals surface area contributed by atoms with Crippen molar-refractivity contribution in [3.05, 3.63) is 60.2 Å². The van der Waals surface area contributed by atoms with Gasteiger partial charge in [0.15, 0.2) is 0 Å². The van der Waals surface area contributed by atoms with Crippen LogP contribution in [0.3, 0.4) is 0 Å². The van der Waals surface area contributed by atoms with Crippen LogP contribution in [0.4, 0.5) is 0 Å². The van der Waals surface area contributed by atoms with Crippen LogP contribution < -0.4 is 0 Å². The molecule has 0 bridgehead atoms. The molecule has 2 aromatic rings. The summed E-state index contributed by atoms with van der Waals surface area (Å²) in [6, 6.07) is 10.7. The second-order valence-electron chi connectivity index (χ2n) is 5.45. The standard InChI is InChI=1S/C17H21N3/c1-3-7-15(8-4-1)16(17-13-18-9-10-19-17)14-20-11-5-2-6-12-20/h1,3-4,7-10,13,16H,2,5-6,11-12,14H2/t16-/m0/s1. The van der Waals surface area contributed by atoms with Crippen molar-refractivity contribution >= 4 is 0 Å². The molecule has 20 heavy (non-hydrogen) atoms. The third kappa shape index (κ3) is 3.23. The van der Waals surface area contributed by atoms with Gasteiger partial charge in [0.05, 0.1) is 5.69 Å². The summed E-state index contributed by atoms with van der Waals surface area (Å²) in [5.74, 6) is 0.322. The molecule has 3 nitrogen and oxygen atoms in total. The topological polar surface area (TPSA) is 29.0 Å². The number of hydrogen-bond acceptors (Lipinski definition) is 3. The summed E-state index contributed by atoms with van der Waals surface area (Å²) in [6.07, 6.45) is 9.46. The number of aromatic nitrogens is 2. The molecule has 1 fully saturated rings. The lowest BCUT2D eigenvalue weighted by molar-refractivity contribution is 0.221. The Balaban J connectivity index is 1.83. The number of likely N-dealkylation sites (tertiary alicyclic amines) is 1. The zero-order valence-electron chi connectivity index (χ0n) is 11.8. The van der Waals surface area contributed by atoms with E-state index in [9.17, 15) is 0 Å². The van der Waals surface area contributed by atoms with Crippen molar-refractivity contribution in [1.82, 2.24) is 14.9 Å². The van der Waals surface area contributed by atoms with Gasteiger partial charge in [-0.15, -0.1) is 0 Å². The summed E-state index contributed by atoms with van der Waals surface area (Å²) in [4.78, 5) is 11.3. The molecule has 1 atom stereocenters. The first-order valence-electron chi connectivity index (χ1n) is 7.47. The lowest BCUT2D eigenvalue weighted by atomic mass is 9.94. The summed E-state index contributed by atoms with van der Waals surface area (Å²) in [5.41, 5.74) is 2.41. The number of hydrogen-bond donors (Lipinski definition) is 0. The fourth-order valence-electron chi connectivity index (χ4n) is 2.95. The smallest absolute Gasteiger partial charge is 0.0674 e. The first-order chi connectivity index (χ1) is 9.93. The highest BCUT2D eigenvalue weighted by Crippen LogP contribution is 2.24. The Morgan fingerprint density at radius 1 is 1.00 bits per heavy atom. The van der Waals surface area contributed by atoms with E-state index in [1.807, 2.05) is 6.20 Å². The summed E-state index contributed by atoms with van der Waals surface area (Å²) >= 11 is 0. The first-order valence-corrected chi connectivity index (χ1v) is 7.47. The van der Waals surface area contributed by atoms with Gasteiger partial charge in [-0.3, -0.25) is 9.97 Å². The van der Waals surface area contributed by atoms with Crippen LogP contribution in [-0.2, 0) is 0 Å². The van der Waals surface area contributed by atoms with Gasteiger partial charge in [-0.25, -0.2) is 0 Å². The molecule has 0 unspecified atom stereocenters.